The molecule has 0 saturated carbocycles. The first kappa shape index (κ1) is 18.7. The maximum atomic E-state index is 12.6. The summed E-state index contributed by atoms with van der Waals surface area (Å²) < 4.78 is 25.2. The number of pyridine rings is 1. The van der Waals surface area contributed by atoms with Crippen molar-refractivity contribution in [3.05, 3.63) is 30.1 Å². The zero-order chi connectivity index (χ0) is 16.6. The van der Waals surface area contributed by atoms with Crippen LogP contribution in [0.3, 0.4) is 0 Å². The average molecular weight is 373 g/mol. The van der Waals surface area contributed by atoms with Crippen LogP contribution in [0, 0.1) is 0 Å². The SMILES string of the molecule is CC1NCCCC1NC(=O)c1nc(S(C)(=O)=O)n2ccccc12.Cl. The lowest BCUT2D eigenvalue weighted by molar-refractivity contribution is 0.0916. The van der Waals surface area contributed by atoms with E-state index in [4.69, 9.17) is 0 Å². The molecule has 2 unspecified atom stereocenters. The summed E-state index contributed by atoms with van der Waals surface area (Å²) in [4.78, 5) is 16.7. The molecule has 2 aromatic heterocycles. The lowest BCUT2D eigenvalue weighted by atomic mass is 10.00. The number of amides is 1. The summed E-state index contributed by atoms with van der Waals surface area (Å²) in [6.07, 6.45) is 4.57. The maximum Gasteiger partial charge on any atom is 0.272 e. The first-order valence-electron chi connectivity index (χ1n) is 7.59. The Kier molecular flexibility index (Phi) is 5.52. The van der Waals surface area contributed by atoms with Gasteiger partial charge in [0, 0.05) is 24.5 Å². The summed E-state index contributed by atoms with van der Waals surface area (Å²) in [5.41, 5.74) is 0.630. The highest BCUT2D eigenvalue weighted by Gasteiger charge is 2.27. The van der Waals surface area contributed by atoms with Crippen LogP contribution in [0.25, 0.3) is 5.52 Å². The summed E-state index contributed by atoms with van der Waals surface area (Å²) >= 11 is 0. The Morgan fingerprint density at radius 1 is 1.42 bits per heavy atom. The molecule has 0 aromatic carbocycles. The quantitative estimate of drug-likeness (QED) is 0.839. The van der Waals surface area contributed by atoms with Gasteiger partial charge in [-0.25, -0.2) is 13.4 Å². The predicted octanol–water partition coefficient (Wildman–Crippen LogP) is 1.03. The van der Waals surface area contributed by atoms with Gasteiger partial charge in [-0.15, -0.1) is 12.4 Å². The molecule has 7 nitrogen and oxygen atoms in total. The van der Waals surface area contributed by atoms with Gasteiger partial charge in [-0.1, -0.05) is 6.07 Å². The highest BCUT2D eigenvalue weighted by molar-refractivity contribution is 7.90. The summed E-state index contributed by atoms with van der Waals surface area (Å²) in [6, 6.07) is 5.34. The molecule has 1 aliphatic heterocycles. The van der Waals surface area contributed by atoms with Crippen LogP contribution in [0.5, 0.6) is 0 Å². The lowest BCUT2D eigenvalue weighted by Crippen LogP contribution is -2.52. The molecule has 1 saturated heterocycles. The van der Waals surface area contributed by atoms with Crippen molar-refractivity contribution in [3.63, 3.8) is 0 Å². The van der Waals surface area contributed by atoms with Crippen molar-refractivity contribution < 1.29 is 13.2 Å². The fourth-order valence-corrected chi connectivity index (χ4v) is 3.69. The molecule has 9 heteroatoms. The molecule has 1 aliphatic rings. The number of piperidine rings is 1. The van der Waals surface area contributed by atoms with Crippen LogP contribution < -0.4 is 10.6 Å². The predicted molar refractivity (Wildman–Crippen MR) is 93.5 cm³/mol. The number of imidazole rings is 1. The smallest absolute Gasteiger partial charge is 0.272 e. The Bertz CT molecular complexity index is 850. The number of nitrogens with zero attached hydrogens (tertiary/aromatic N) is 2. The minimum absolute atomic E-state index is 0. The number of aromatic nitrogens is 2. The molecule has 2 aromatic rings. The fourth-order valence-electron chi connectivity index (χ4n) is 2.92. The number of fused-ring (bicyclic) bond motifs is 1. The zero-order valence-corrected chi connectivity index (χ0v) is 15.2. The molecular formula is C15H21ClN4O3S. The summed E-state index contributed by atoms with van der Waals surface area (Å²) in [5.74, 6) is -0.343. The normalized spacial score (nSPS) is 21.2. The van der Waals surface area contributed by atoms with Gasteiger partial charge >= 0.3 is 0 Å². The van der Waals surface area contributed by atoms with Crippen LogP contribution >= 0.6 is 12.4 Å². The van der Waals surface area contributed by atoms with Crippen LogP contribution in [0.2, 0.25) is 0 Å². The summed E-state index contributed by atoms with van der Waals surface area (Å²) in [7, 11) is -3.53. The number of hydrogen-bond donors (Lipinski definition) is 2. The van der Waals surface area contributed by atoms with Gasteiger partial charge in [0.2, 0.25) is 15.0 Å². The van der Waals surface area contributed by atoms with Crippen LogP contribution in [0.15, 0.2) is 29.6 Å². The van der Waals surface area contributed by atoms with E-state index in [9.17, 15) is 13.2 Å². The second-order valence-electron chi connectivity index (χ2n) is 5.94. The monoisotopic (exact) mass is 372 g/mol. The number of rotatable bonds is 3. The van der Waals surface area contributed by atoms with Gasteiger partial charge in [0.1, 0.15) is 0 Å². The number of halogens is 1. The Morgan fingerprint density at radius 3 is 2.83 bits per heavy atom. The third-order valence-electron chi connectivity index (χ3n) is 4.14. The molecule has 0 radical (unpaired) electrons. The highest BCUT2D eigenvalue weighted by Crippen LogP contribution is 2.18. The Labute approximate surface area is 147 Å². The summed E-state index contributed by atoms with van der Waals surface area (Å²) in [6.45, 7) is 2.97. The van der Waals surface area contributed by atoms with Crippen molar-refractivity contribution >= 4 is 33.7 Å². The van der Waals surface area contributed by atoms with Crippen molar-refractivity contribution in [2.75, 3.05) is 12.8 Å². The van der Waals surface area contributed by atoms with Gasteiger partial charge in [-0.05, 0) is 38.4 Å². The molecule has 2 atom stereocenters. The second-order valence-corrected chi connectivity index (χ2v) is 7.85. The number of sulfone groups is 1. The van der Waals surface area contributed by atoms with Crippen molar-refractivity contribution in [1.29, 1.82) is 0 Å². The Hall–Kier alpha value is -1.64. The van der Waals surface area contributed by atoms with Gasteiger partial charge < -0.3 is 10.6 Å². The first-order chi connectivity index (χ1) is 10.9. The molecule has 0 bridgehead atoms. The van der Waals surface area contributed by atoms with Crippen LogP contribution in [0.4, 0.5) is 0 Å². The third kappa shape index (κ3) is 3.55. The topological polar surface area (TPSA) is 92.6 Å². The van der Waals surface area contributed by atoms with E-state index in [1.807, 2.05) is 6.92 Å². The van der Waals surface area contributed by atoms with Crippen molar-refractivity contribution in [2.45, 2.75) is 37.0 Å². The number of nitrogens with one attached hydrogen (secondary N) is 2. The van der Waals surface area contributed by atoms with Gasteiger partial charge in [-0.3, -0.25) is 9.20 Å². The zero-order valence-electron chi connectivity index (χ0n) is 13.5. The molecule has 2 N–H and O–H groups in total. The lowest BCUT2D eigenvalue weighted by Gasteiger charge is -2.30. The number of carbonyl (C=O) groups is 1. The van der Waals surface area contributed by atoms with E-state index < -0.39 is 9.84 Å². The largest absolute Gasteiger partial charge is 0.346 e. The fraction of sp³-hybridized carbons (Fsp3) is 0.467. The van der Waals surface area contributed by atoms with E-state index in [0.717, 1.165) is 25.6 Å². The van der Waals surface area contributed by atoms with Gasteiger partial charge in [0.15, 0.2) is 5.69 Å². The van der Waals surface area contributed by atoms with Gasteiger partial charge in [-0.2, -0.15) is 0 Å². The molecule has 3 heterocycles. The molecule has 0 aliphatic carbocycles. The molecule has 132 valence electrons. The van der Waals surface area contributed by atoms with E-state index in [0.29, 0.717) is 5.52 Å². The highest BCUT2D eigenvalue weighted by atomic mass is 35.5. The van der Waals surface area contributed by atoms with Crippen molar-refractivity contribution in [1.82, 2.24) is 20.0 Å². The van der Waals surface area contributed by atoms with Crippen molar-refractivity contribution in [3.8, 4) is 0 Å². The van der Waals surface area contributed by atoms with E-state index in [-0.39, 0.29) is 41.2 Å². The van der Waals surface area contributed by atoms with E-state index >= 15 is 0 Å². The minimum atomic E-state index is -3.53. The average Bonchev–Trinajstić information content (AvgIpc) is 2.89. The standard InChI is InChI=1S/C15H20N4O3S.ClH/c1-10-11(6-5-8-16-10)17-14(20)13-12-7-3-4-9-19(12)15(18-13)23(2,21)22;/h3-4,7,9-11,16H,5-6,8H2,1-2H3,(H,17,20);1H. The molecule has 1 fully saturated rings. The second kappa shape index (κ2) is 7.08. The molecule has 1 amide bonds. The van der Waals surface area contributed by atoms with E-state index in [1.54, 1.807) is 24.4 Å². The molecular weight excluding hydrogens is 352 g/mol. The summed E-state index contributed by atoms with van der Waals surface area (Å²) in [5, 5.41) is 6.17. The number of hydrogen-bond acceptors (Lipinski definition) is 5. The van der Waals surface area contributed by atoms with Crippen LogP contribution in [-0.2, 0) is 9.84 Å². The third-order valence-corrected chi connectivity index (χ3v) is 5.09. The Balaban J connectivity index is 0.00000208. The van der Waals surface area contributed by atoms with Crippen LogP contribution in [0.1, 0.15) is 30.3 Å². The Morgan fingerprint density at radius 2 is 2.17 bits per heavy atom. The molecule has 3 rings (SSSR count). The van der Waals surface area contributed by atoms with E-state index in [2.05, 4.69) is 15.6 Å². The van der Waals surface area contributed by atoms with Gasteiger partial charge in [0.05, 0.1) is 5.52 Å². The maximum absolute atomic E-state index is 12.6. The molecule has 24 heavy (non-hydrogen) atoms. The van der Waals surface area contributed by atoms with Crippen molar-refractivity contribution in [2.24, 2.45) is 0 Å². The van der Waals surface area contributed by atoms with Crippen LogP contribution in [-0.4, -0.2) is 48.6 Å². The van der Waals surface area contributed by atoms with Gasteiger partial charge in [0.25, 0.3) is 5.91 Å². The minimum Gasteiger partial charge on any atom is -0.346 e. The number of carbonyl (C=O) groups excluding carboxylic acids is 1. The first-order valence-corrected chi connectivity index (χ1v) is 9.48. The molecule has 0 spiro atoms. The van der Waals surface area contributed by atoms with E-state index in [1.165, 1.54) is 4.40 Å².